The van der Waals surface area contributed by atoms with Crippen LogP contribution in [0.2, 0.25) is 0 Å². The molecule has 0 aromatic heterocycles. The Hall–Kier alpha value is -1.76. The predicted molar refractivity (Wildman–Crippen MR) is 127 cm³/mol. The van der Waals surface area contributed by atoms with Gasteiger partial charge in [0.05, 0.1) is 0 Å². The van der Waals surface area contributed by atoms with E-state index in [1.54, 1.807) is 0 Å². The maximum Gasteiger partial charge on any atom is 0.130 e. The van der Waals surface area contributed by atoms with Crippen LogP contribution >= 0.6 is 0 Å². The summed E-state index contributed by atoms with van der Waals surface area (Å²) in [6.07, 6.45) is 14.4. The van der Waals surface area contributed by atoms with E-state index in [1.165, 1.54) is 73.6 Å². The summed E-state index contributed by atoms with van der Waals surface area (Å²) in [4.78, 5) is 0. The fraction of sp³-hybridized carbons (Fsp3) is 0.571. The van der Waals surface area contributed by atoms with Crippen LogP contribution in [0.1, 0.15) is 101 Å². The van der Waals surface area contributed by atoms with Crippen molar-refractivity contribution in [1.29, 1.82) is 0 Å². The van der Waals surface area contributed by atoms with Crippen LogP contribution < -0.4 is 4.74 Å². The fourth-order valence-corrected chi connectivity index (χ4v) is 4.01. The van der Waals surface area contributed by atoms with E-state index in [-0.39, 0.29) is 0 Å². The predicted octanol–water partition coefficient (Wildman–Crippen LogP) is 8.85. The van der Waals surface area contributed by atoms with Gasteiger partial charge in [0.2, 0.25) is 0 Å². The first-order chi connectivity index (χ1) is 14.2. The van der Waals surface area contributed by atoms with Gasteiger partial charge in [-0.3, -0.25) is 0 Å². The number of ether oxygens (including phenoxy) is 1. The molecule has 0 bridgehead atoms. The van der Waals surface area contributed by atoms with Crippen molar-refractivity contribution in [3.63, 3.8) is 0 Å². The summed E-state index contributed by atoms with van der Waals surface area (Å²) in [7, 11) is 0. The summed E-state index contributed by atoms with van der Waals surface area (Å²) in [5, 5.41) is 0. The molecule has 0 heterocycles. The number of rotatable bonds is 14. The highest BCUT2D eigenvalue weighted by atomic mass is 16.5. The average molecular weight is 395 g/mol. The van der Waals surface area contributed by atoms with Gasteiger partial charge in [0.1, 0.15) is 11.5 Å². The van der Waals surface area contributed by atoms with Crippen LogP contribution in [0.25, 0.3) is 0 Å². The zero-order valence-electron chi connectivity index (χ0n) is 19.4. The third-order valence-electron chi connectivity index (χ3n) is 5.84. The van der Waals surface area contributed by atoms with Crippen LogP contribution in [0.3, 0.4) is 0 Å². The lowest BCUT2D eigenvalue weighted by molar-refractivity contribution is 0.465. The zero-order valence-corrected chi connectivity index (χ0v) is 19.4. The summed E-state index contributed by atoms with van der Waals surface area (Å²) in [6.45, 7) is 9.09. The van der Waals surface area contributed by atoms with E-state index in [4.69, 9.17) is 4.74 Å². The molecular formula is C28H42O. The van der Waals surface area contributed by atoms with Gasteiger partial charge in [-0.05, 0) is 85.8 Å². The average Bonchev–Trinajstić information content (AvgIpc) is 2.74. The molecule has 0 atom stereocenters. The molecule has 29 heavy (non-hydrogen) atoms. The van der Waals surface area contributed by atoms with E-state index in [0.717, 1.165) is 37.2 Å². The van der Waals surface area contributed by atoms with Crippen LogP contribution in [-0.4, -0.2) is 0 Å². The van der Waals surface area contributed by atoms with E-state index in [9.17, 15) is 0 Å². The molecule has 0 N–H and O–H groups in total. The Morgan fingerprint density at radius 1 is 0.517 bits per heavy atom. The van der Waals surface area contributed by atoms with Crippen molar-refractivity contribution in [1.82, 2.24) is 0 Å². The van der Waals surface area contributed by atoms with Gasteiger partial charge in [0, 0.05) is 0 Å². The molecular weight excluding hydrogens is 352 g/mol. The molecule has 0 unspecified atom stereocenters. The minimum atomic E-state index is 1.08. The standard InChI is InChI=1S/C28H42O/c1-5-9-15-23-17-13-21-27(25(23)19-11-7-3)29-28-22-14-18-24(16-10-6-2)26(28)20-12-8-4/h13-14,17-18,21-22H,5-12,15-16,19-20H2,1-4H3. The molecule has 0 spiro atoms. The van der Waals surface area contributed by atoms with Crippen molar-refractivity contribution >= 4 is 0 Å². The minimum absolute atomic E-state index is 1.08. The molecule has 0 radical (unpaired) electrons. The number of unbranched alkanes of at least 4 members (excludes halogenated alkanes) is 4. The summed E-state index contributed by atoms with van der Waals surface area (Å²) >= 11 is 0. The lowest BCUT2D eigenvalue weighted by Crippen LogP contribution is -2.02. The molecule has 0 saturated heterocycles. The van der Waals surface area contributed by atoms with Gasteiger partial charge in [-0.25, -0.2) is 0 Å². The van der Waals surface area contributed by atoms with Gasteiger partial charge >= 0.3 is 0 Å². The highest BCUT2D eigenvalue weighted by Crippen LogP contribution is 2.34. The third-order valence-corrected chi connectivity index (χ3v) is 5.84. The van der Waals surface area contributed by atoms with Crippen molar-refractivity contribution in [3.05, 3.63) is 58.7 Å². The first kappa shape index (κ1) is 23.5. The topological polar surface area (TPSA) is 9.23 Å². The molecule has 2 aromatic rings. The van der Waals surface area contributed by atoms with Crippen LogP contribution in [0.15, 0.2) is 36.4 Å². The van der Waals surface area contributed by atoms with Crippen molar-refractivity contribution in [2.75, 3.05) is 0 Å². The summed E-state index contributed by atoms with van der Waals surface area (Å²) in [6, 6.07) is 13.3. The van der Waals surface area contributed by atoms with Crippen molar-refractivity contribution < 1.29 is 4.74 Å². The molecule has 0 saturated carbocycles. The second-order valence-electron chi connectivity index (χ2n) is 8.30. The molecule has 2 aromatic carbocycles. The number of hydrogen-bond acceptors (Lipinski definition) is 1. The van der Waals surface area contributed by atoms with E-state index in [1.807, 2.05) is 0 Å². The molecule has 0 aliphatic heterocycles. The Labute approximate surface area is 179 Å². The largest absolute Gasteiger partial charge is 0.457 e. The maximum absolute atomic E-state index is 6.68. The van der Waals surface area contributed by atoms with E-state index < -0.39 is 0 Å². The monoisotopic (exact) mass is 394 g/mol. The van der Waals surface area contributed by atoms with E-state index >= 15 is 0 Å². The Balaban J connectivity index is 2.38. The number of aryl methyl sites for hydroxylation is 2. The van der Waals surface area contributed by atoms with Gasteiger partial charge in [0.15, 0.2) is 0 Å². The fourth-order valence-electron chi connectivity index (χ4n) is 4.01. The van der Waals surface area contributed by atoms with Gasteiger partial charge in [0.25, 0.3) is 0 Å². The smallest absolute Gasteiger partial charge is 0.130 e. The quantitative estimate of drug-likeness (QED) is 0.311. The van der Waals surface area contributed by atoms with Crippen molar-refractivity contribution in [2.45, 2.75) is 105 Å². The van der Waals surface area contributed by atoms with Gasteiger partial charge < -0.3 is 4.74 Å². The maximum atomic E-state index is 6.68. The van der Waals surface area contributed by atoms with Gasteiger partial charge in [-0.1, -0.05) is 77.6 Å². The Bertz CT molecular complexity index is 655. The molecule has 2 rings (SSSR count). The molecule has 0 amide bonds. The Morgan fingerprint density at radius 2 is 0.897 bits per heavy atom. The Morgan fingerprint density at radius 3 is 1.28 bits per heavy atom. The summed E-state index contributed by atoms with van der Waals surface area (Å²) < 4.78 is 6.68. The van der Waals surface area contributed by atoms with Gasteiger partial charge in [-0.2, -0.15) is 0 Å². The first-order valence-electron chi connectivity index (χ1n) is 12.1. The molecule has 0 aliphatic rings. The normalized spacial score (nSPS) is 11.0. The molecule has 160 valence electrons. The zero-order chi connectivity index (χ0) is 20.9. The van der Waals surface area contributed by atoms with E-state index in [2.05, 4.69) is 64.1 Å². The summed E-state index contributed by atoms with van der Waals surface area (Å²) in [5.41, 5.74) is 5.83. The SMILES string of the molecule is CCCCc1cccc(Oc2cccc(CCCC)c2CCCC)c1CCCC. The van der Waals surface area contributed by atoms with Crippen molar-refractivity contribution in [3.8, 4) is 11.5 Å². The van der Waals surface area contributed by atoms with Crippen molar-refractivity contribution in [2.24, 2.45) is 0 Å². The highest BCUT2D eigenvalue weighted by Gasteiger charge is 2.14. The molecule has 1 nitrogen and oxygen atoms in total. The number of benzene rings is 2. The van der Waals surface area contributed by atoms with Crippen LogP contribution in [0, 0.1) is 0 Å². The summed E-state index contributed by atoms with van der Waals surface area (Å²) in [5.74, 6) is 2.16. The second kappa shape index (κ2) is 13.5. The number of hydrogen-bond donors (Lipinski definition) is 0. The molecule has 1 heteroatoms. The third kappa shape index (κ3) is 7.21. The molecule has 0 fully saturated rings. The lowest BCUT2D eigenvalue weighted by atomic mass is 9.96. The van der Waals surface area contributed by atoms with Crippen LogP contribution in [0.4, 0.5) is 0 Å². The van der Waals surface area contributed by atoms with Crippen LogP contribution in [0.5, 0.6) is 11.5 Å². The Kier molecular flexibility index (Phi) is 10.9. The van der Waals surface area contributed by atoms with Crippen LogP contribution in [-0.2, 0) is 25.7 Å². The second-order valence-corrected chi connectivity index (χ2v) is 8.30. The minimum Gasteiger partial charge on any atom is -0.457 e. The first-order valence-corrected chi connectivity index (χ1v) is 12.1. The van der Waals surface area contributed by atoms with E-state index in [0.29, 0.717) is 0 Å². The highest BCUT2D eigenvalue weighted by molar-refractivity contribution is 5.47. The van der Waals surface area contributed by atoms with Gasteiger partial charge in [-0.15, -0.1) is 0 Å². The molecule has 0 aliphatic carbocycles. The lowest BCUT2D eigenvalue weighted by Gasteiger charge is -2.19.